The van der Waals surface area contributed by atoms with E-state index in [1.54, 1.807) is 17.0 Å². The van der Waals surface area contributed by atoms with Gasteiger partial charge in [-0.15, -0.1) is 11.3 Å². The zero-order valence-electron chi connectivity index (χ0n) is 16.4. The summed E-state index contributed by atoms with van der Waals surface area (Å²) in [6.07, 6.45) is 1.86. The molecule has 0 unspecified atom stereocenters. The number of nitrogens with one attached hydrogen (secondary N) is 2. The molecule has 7 nitrogen and oxygen atoms in total. The molecule has 2 aromatic rings. The molecule has 2 aliphatic rings. The molecule has 1 saturated carbocycles. The maximum absolute atomic E-state index is 12.5. The van der Waals surface area contributed by atoms with Crippen LogP contribution in [0.25, 0.3) is 0 Å². The van der Waals surface area contributed by atoms with Crippen molar-refractivity contribution in [2.45, 2.75) is 12.8 Å². The Labute approximate surface area is 184 Å². The Morgan fingerprint density at radius 1 is 1.07 bits per heavy atom. The average molecular weight is 447 g/mol. The Morgan fingerprint density at radius 2 is 1.83 bits per heavy atom. The van der Waals surface area contributed by atoms with Crippen molar-refractivity contribution in [2.24, 2.45) is 5.92 Å². The minimum absolute atomic E-state index is 0.0101. The second kappa shape index (κ2) is 9.06. The monoisotopic (exact) mass is 446 g/mol. The Hall–Kier alpha value is -2.58. The molecule has 1 saturated heterocycles. The van der Waals surface area contributed by atoms with Crippen molar-refractivity contribution in [3.63, 3.8) is 0 Å². The molecular weight excluding hydrogens is 424 g/mol. The first kappa shape index (κ1) is 20.7. The van der Waals surface area contributed by atoms with E-state index in [-0.39, 0.29) is 30.2 Å². The number of amides is 3. The smallest absolute Gasteiger partial charge is 0.261 e. The van der Waals surface area contributed by atoms with E-state index in [0.29, 0.717) is 28.0 Å². The van der Waals surface area contributed by atoms with Crippen molar-refractivity contribution in [1.29, 1.82) is 0 Å². The van der Waals surface area contributed by atoms with E-state index in [0.717, 1.165) is 31.6 Å². The minimum atomic E-state index is -0.308. The third-order valence-electron chi connectivity index (χ3n) is 5.23. The van der Waals surface area contributed by atoms with Crippen molar-refractivity contribution >= 4 is 51.3 Å². The van der Waals surface area contributed by atoms with Crippen LogP contribution in [0.1, 0.15) is 22.5 Å². The van der Waals surface area contributed by atoms with Gasteiger partial charge in [0.15, 0.2) is 0 Å². The van der Waals surface area contributed by atoms with Crippen LogP contribution >= 0.6 is 22.9 Å². The van der Waals surface area contributed by atoms with Gasteiger partial charge in [-0.3, -0.25) is 14.4 Å². The molecule has 2 N–H and O–H groups in total. The molecule has 2 heterocycles. The van der Waals surface area contributed by atoms with Crippen molar-refractivity contribution in [3.05, 3.63) is 46.3 Å². The molecule has 0 bridgehead atoms. The number of benzene rings is 1. The molecule has 30 heavy (non-hydrogen) atoms. The Balaban J connectivity index is 1.22. The fraction of sp³-hybridized carbons (Fsp3) is 0.381. The van der Waals surface area contributed by atoms with Gasteiger partial charge < -0.3 is 20.4 Å². The molecule has 0 spiro atoms. The number of nitrogens with zero attached hydrogens (tertiary/aromatic N) is 2. The first-order valence-corrected chi connectivity index (χ1v) is 11.2. The van der Waals surface area contributed by atoms with Gasteiger partial charge in [0, 0.05) is 42.8 Å². The predicted octanol–water partition coefficient (Wildman–Crippen LogP) is 2.83. The molecular formula is C21H23ClN4O3S. The van der Waals surface area contributed by atoms with Crippen molar-refractivity contribution in [2.75, 3.05) is 42.9 Å². The first-order valence-electron chi connectivity index (χ1n) is 9.97. The summed E-state index contributed by atoms with van der Waals surface area (Å²) in [5.74, 6) is -0.289. The van der Waals surface area contributed by atoms with Crippen LogP contribution in [0, 0.1) is 5.92 Å². The second-order valence-electron chi connectivity index (χ2n) is 7.46. The second-order valence-corrected chi connectivity index (χ2v) is 8.98. The van der Waals surface area contributed by atoms with Gasteiger partial charge in [0.2, 0.25) is 11.8 Å². The summed E-state index contributed by atoms with van der Waals surface area (Å²) >= 11 is 7.27. The lowest BCUT2D eigenvalue weighted by molar-refractivity contribution is -0.130. The standard InChI is InChI=1S/C21H23ClN4O3S/c22-15-2-1-3-16(12-15)25-8-10-26(11-9-25)19(27)13-23-21(29)17-6-7-18(30-17)24-20(28)14-4-5-14/h1-3,6-7,12,14H,4-5,8-11,13H2,(H,23,29)(H,24,28). The van der Waals surface area contributed by atoms with E-state index >= 15 is 0 Å². The molecule has 1 aromatic carbocycles. The number of hydrogen-bond donors (Lipinski definition) is 2. The highest BCUT2D eigenvalue weighted by Gasteiger charge is 2.30. The average Bonchev–Trinajstić information content (AvgIpc) is 3.51. The molecule has 0 atom stereocenters. The van der Waals surface area contributed by atoms with E-state index in [1.165, 1.54) is 11.3 Å². The third-order valence-corrected chi connectivity index (χ3v) is 6.46. The number of piperazine rings is 1. The quantitative estimate of drug-likeness (QED) is 0.714. The Bertz CT molecular complexity index is 951. The highest BCUT2D eigenvalue weighted by Crippen LogP contribution is 2.31. The van der Waals surface area contributed by atoms with Gasteiger partial charge >= 0.3 is 0 Å². The van der Waals surface area contributed by atoms with Gasteiger partial charge in [0.25, 0.3) is 5.91 Å². The highest BCUT2D eigenvalue weighted by molar-refractivity contribution is 7.18. The van der Waals surface area contributed by atoms with Crippen LogP contribution in [0.4, 0.5) is 10.7 Å². The Morgan fingerprint density at radius 3 is 2.53 bits per heavy atom. The molecule has 9 heteroatoms. The topological polar surface area (TPSA) is 81.8 Å². The number of anilines is 2. The molecule has 3 amide bonds. The predicted molar refractivity (Wildman–Crippen MR) is 118 cm³/mol. The maximum Gasteiger partial charge on any atom is 0.261 e. The summed E-state index contributed by atoms with van der Waals surface area (Å²) in [5.41, 5.74) is 1.05. The molecule has 1 aromatic heterocycles. The summed E-state index contributed by atoms with van der Waals surface area (Å²) in [4.78, 5) is 41.1. The summed E-state index contributed by atoms with van der Waals surface area (Å²) in [6, 6.07) is 11.1. The molecule has 4 rings (SSSR count). The van der Waals surface area contributed by atoms with E-state index in [9.17, 15) is 14.4 Å². The van der Waals surface area contributed by atoms with Crippen molar-refractivity contribution in [3.8, 4) is 0 Å². The van der Waals surface area contributed by atoms with Crippen LogP contribution in [0.3, 0.4) is 0 Å². The van der Waals surface area contributed by atoms with E-state index in [1.807, 2.05) is 24.3 Å². The number of rotatable bonds is 6. The third kappa shape index (κ3) is 5.12. The van der Waals surface area contributed by atoms with Gasteiger partial charge in [0.1, 0.15) is 0 Å². The lowest BCUT2D eigenvalue weighted by atomic mass is 10.2. The number of thiophene rings is 1. The van der Waals surface area contributed by atoms with E-state index in [4.69, 9.17) is 11.6 Å². The maximum atomic E-state index is 12.5. The van der Waals surface area contributed by atoms with Gasteiger partial charge in [0.05, 0.1) is 16.4 Å². The van der Waals surface area contributed by atoms with Gasteiger partial charge in [-0.1, -0.05) is 17.7 Å². The normalized spacial score (nSPS) is 16.3. The van der Waals surface area contributed by atoms with Crippen LogP contribution in [0.5, 0.6) is 0 Å². The Kier molecular flexibility index (Phi) is 6.24. The van der Waals surface area contributed by atoms with Gasteiger partial charge in [-0.25, -0.2) is 0 Å². The SMILES string of the molecule is O=C(NCC(=O)N1CCN(c2cccc(Cl)c2)CC1)c1ccc(NC(=O)C2CC2)s1. The van der Waals surface area contributed by atoms with E-state index < -0.39 is 0 Å². The largest absolute Gasteiger partial charge is 0.368 e. The van der Waals surface area contributed by atoms with Crippen LogP contribution in [-0.4, -0.2) is 55.3 Å². The summed E-state index contributed by atoms with van der Waals surface area (Å²) in [7, 11) is 0. The summed E-state index contributed by atoms with van der Waals surface area (Å²) in [5, 5.41) is 6.86. The number of carbonyl (C=O) groups excluding carboxylic acids is 3. The highest BCUT2D eigenvalue weighted by atomic mass is 35.5. The lowest BCUT2D eigenvalue weighted by Gasteiger charge is -2.36. The van der Waals surface area contributed by atoms with Crippen molar-refractivity contribution < 1.29 is 14.4 Å². The molecule has 2 fully saturated rings. The molecule has 158 valence electrons. The zero-order chi connectivity index (χ0) is 21.1. The summed E-state index contributed by atoms with van der Waals surface area (Å²) < 4.78 is 0. The van der Waals surface area contributed by atoms with Crippen molar-refractivity contribution in [1.82, 2.24) is 10.2 Å². The lowest BCUT2D eigenvalue weighted by Crippen LogP contribution is -2.51. The molecule has 0 radical (unpaired) electrons. The number of halogens is 1. The minimum Gasteiger partial charge on any atom is -0.368 e. The fourth-order valence-corrected chi connectivity index (χ4v) is 4.35. The van der Waals surface area contributed by atoms with Gasteiger partial charge in [-0.05, 0) is 43.2 Å². The van der Waals surface area contributed by atoms with Crippen LogP contribution < -0.4 is 15.5 Å². The zero-order valence-corrected chi connectivity index (χ0v) is 18.0. The van der Waals surface area contributed by atoms with Crippen LogP contribution in [0.15, 0.2) is 36.4 Å². The first-order chi connectivity index (χ1) is 14.5. The number of carbonyl (C=O) groups is 3. The van der Waals surface area contributed by atoms with E-state index in [2.05, 4.69) is 15.5 Å². The summed E-state index contributed by atoms with van der Waals surface area (Å²) in [6.45, 7) is 2.58. The molecule has 1 aliphatic carbocycles. The number of hydrogen-bond acceptors (Lipinski definition) is 5. The van der Waals surface area contributed by atoms with Crippen LogP contribution in [0.2, 0.25) is 5.02 Å². The van der Waals surface area contributed by atoms with Gasteiger partial charge in [-0.2, -0.15) is 0 Å². The fourth-order valence-electron chi connectivity index (χ4n) is 3.34. The van der Waals surface area contributed by atoms with Crippen LogP contribution in [-0.2, 0) is 9.59 Å². The molecule has 1 aliphatic heterocycles.